The number of para-hydroxylation sites is 1. The highest BCUT2D eigenvalue weighted by atomic mass is 16.5. The van der Waals surface area contributed by atoms with Crippen LogP contribution in [-0.4, -0.2) is 34.7 Å². The first-order chi connectivity index (χ1) is 13.3. The molecule has 1 aromatic carbocycles. The quantitative estimate of drug-likeness (QED) is 0.642. The molecule has 1 atom stereocenters. The van der Waals surface area contributed by atoms with Crippen LogP contribution in [0, 0.1) is 0 Å². The largest absolute Gasteiger partial charge is 0.496 e. The molecule has 140 valence electrons. The molecule has 0 amide bonds. The highest BCUT2D eigenvalue weighted by Gasteiger charge is 2.25. The molecule has 5 heteroatoms. The number of fused-ring (bicyclic) bond motifs is 1. The van der Waals surface area contributed by atoms with Crippen molar-refractivity contribution in [2.24, 2.45) is 0 Å². The van der Waals surface area contributed by atoms with Crippen LogP contribution in [0.4, 0.5) is 0 Å². The Morgan fingerprint density at radius 1 is 1.07 bits per heavy atom. The maximum Gasteiger partial charge on any atom is 0.123 e. The van der Waals surface area contributed by atoms with Gasteiger partial charge in [-0.1, -0.05) is 24.3 Å². The number of pyridine rings is 1. The Labute approximate surface area is 160 Å². The highest BCUT2D eigenvalue weighted by Crippen LogP contribution is 2.26. The molecule has 0 N–H and O–H groups in total. The van der Waals surface area contributed by atoms with Crippen molar-refractivity contribution in [3.8, 4) is 5.75 Å². The summed E-state index contributed by atoms with van der Waals surface area (Å²) in [5.74, 6) is 0.946. The minimum Gasteiger partial charge on any atom is -0.496 e. The van der Waals surface area contributed by atoms with Gasteiger partial charge in [0, 0.05) is 43.3 Å². The Hall–Kier alpha value is -2.63. The minimum absolute atomic E-state index is 0.294. The molecule has 4 rings (SSSR count). The molecule has 27 heavy (non-hydrogen) atoms. The van der Waals surface area contributed by atoms with E-state index in [0.717, 1.165) is 31.1 Å². The lowest BCUT2D eigenvalue weighted by molar-refractivity contribution is 0.0572. The van der Waals surface area contributed by atoms with E-state index in [1.165, 1.54) is 11.3 Å². The molecular weight excluding hydrogens is 338 g/mol. The third-order valence-corrected chi connectivity index (χ3v) is 4.99. The zero-order chi connectivity index (χ0) is 18.5. The van der Waals surface area contributed by atoms with Gasteiger partial charge in [0.2, 0.25) is 0 Å². The monoisotopic (exact) mass is 363 g/mol. The smallest absolute Gasteiger partial charge is 0.123 e. The standard InChI is InChI=1S/C22H25N3O2/c1-26-22-10-3-2-7-18(22)13-24-14-20-9-6-12-25(20)21(15-24)17-27-16-19-8-4-5-11-23-19/h2-12,21H,13-17H2,1H3/t21-/m0/s1. The molecule has 2 aromatic heterocycles. The predicted molar refractivity (Wildman–Crippen MR) is 104 cm³/mol. The van der Waals surface area contributed by atoms with E-state index in [1.807, 2.05) is 30.3 Å². The van der Waals surface area contributed by atoms with Crippen molar-refractivity contribution in [2.45, 2.75) is 25.7 Å². The maximum atomic E-state index is 5.99. The van der Waals surface area contributed by atoms with E-state index in [2.05, 4.69) is 44.9 Å². The number of ether oxygens (including phenoxy) is 2. The Balaban J connectivity index is 1.43. The summed E-state index contributed by atoms with van der Waals surface area (Å²) in [5.41, 5.74) is 3.50. The fraction of sp³-hybridized carbons (Fsp3) is 0.318. The molecule has 1 aliphatic heterocycles. The molecule has 0 unspecified atom stereocenters. The van der Waals surface area contributed by atoms with Crippen LogP contribution in [-0.2, 0) is 24.4 Å². The van der Waals surface area contributed by atoms with E-state index in [-0.39, 0.29) is 0 Å². The van der Waals surface area contributed by atoms with Crippen LogP contribution >= 0.6 is 0 Å². The van der Waals surface area contributed by atoms with Crippen LogP contribution in [0.2, 0.25) is 0 Å². The molecule has 0 saturated heterocycles. The topological polar surface area (TPSA) is 39.5 Å². The van der Waals surface area contributed by atoms with Gasteiger partial charge < -0.3 is 14.0 Å². The van der Waals surface area contributed by atoms with E-state index in [9.17, 15) is 0 Å². The summed E-state index contributed by atoms with van der Waals surface area (Å²) < 4.78 is 13.9. The van der Waals surface area contributed by atoms with E-state index in [1.54, 1.807) is 13.3 Å². The summed E-state index contributed by atoms with van der Waals surface area (Å²) in [4.78, 5) is 6.79. The predicted octanol–water partition coefficient (Wildman–Crippen LogP) is 3.67. The van der Waals surface area contributed by atoms with E-state index >= 15 is 0 Å². The van der Waals surface area contributed by atoms with Crippen LogP contribution < -0.4 is 4.74 Å². The minimum atomic E-state index is 0.294. The van der Waals surface area contributed by atoms with Crippen molar-refractivity contribution in [3.63, 3.8) is 0 Å². The molecule has 3 heterocycles. The van der Waals surface area contributed by atoms with Crippen molar-refractivity contribution in [2.75, 3.05) is 20.3 Å². The highest BCUT2D eigenvalue weighted by molar-refractivity contribution is 5.33. The summed E-state index contributed by atoms with van der Waals surface area (Å²) >= 11 is 0. The first-order valence-corrected chi connectivity index (χ1v) is 9.31. The number of hydrogen-bond donors (Lipinski definition) is 0. The number of hydrogen-bond acceptors (Lipinski definition) is 4. The normalized spacial score (nSPS) is 16.9. The Morgan fingerprint density at radius 3 is 2.81 bits per heavy atom. The third kappa shape index (κ3) is 4.21. The van der Waals surface area contributed by atoms with E-state index in [0.29, 0.717) is 19.3 Å². The van der Waals surface area contributed by atoms with Gasteiger partial charge >= 0.3 is 0 Å². The fourth-order valence-electron chi connectivity index (χ4n) is 3.71. The van der Waals surface area contributed by atoms with Gasteiger partial charge in [0.25, 0.3) is 0 Å². The van der Waals surface area contributed by atoms with Gasteiger partial charge in [-0.25, -0.2) is 0 Å². The molecule has 0 spiro atoms. The van der Waals surface area contributed by atoms with Crippen molar-refractivity contribution in [1.82, 2.24) is 14.5 Å². The summed E-state index contributed by atoms with van der Waals surface area (Å²) in [6.07, 6.45) is 3.96. The van der Waals surface area contributed by atoms with Gasteiger partial charge in [-0.05, 0) is 30.3 Å². The van der Waals surface area contributed by atoms with Gasteiger partial charge in [-0.15, -0.1) is 0 Å². The second-order valence-corrected chi connectivity index (χ2v) is 6.88. The number of rotatable bonds is 7. The molecule has 3 aromatic rings. The number of aromatic nitrogens is 2. The molecule has 0 fully saturated rings. The zero-order valence-electron chi connectivity index (χ0n) is 15.6. The van der Waals surface area contributed by atoms with Gasteiger partial charge in [0.05, 0.1) is 32.1 Å². The first kappa shape index (κ1) is 17.8. The zero-order valence-corrected chi connectivity index (χ0v) is 15.6. The molecular formula is C22H25N3O2. The fourth-order valence-corrected chi connectivity index (χ4v) is 3.71. The number of nitrogens with zero attached hydrogens (tertiary/aromatic N) is 3. The number of methoxy groups -OCH3 is 1. The average molecular weight is 363 g/mol. The lowest BCUT2D eigenvalue weighted by Crippen LogP contribution is -2.38. The number of benzene rings is 1. The van der Waals surface area contributed by atoms with E-state index in [4.69, 9.17) is 9.47 Å². The second-order valence-electron chi connectivity index (χ2n) is 6.88. The van der Waals surface area contributed by atoms with Crippen LogP contribution in [0.1, 0.15) is 23.0 Å². The van der Waals surface area contributed by atoms with Crippen LogP contribution in [0.3, 0.4) is 0 Å². The SMILES string of the molecule is COc1ccccc1CN1Cc2cccn2[C@H](COCc2ccccn2)C1. The molecule has 0 aliphatic carbocycles. The van der Waals surface area contributed by atoms with Crippen molar-refractivity contribution >= 4 is 0 Å². The molecule has 0 radical (unpaired) electrons. The maximum absolute atomic E-state index is 5.99. The van der Waals surface area contributed by atoms with Crippen LogP contribution in [0.15, 0.2) is 67.0 Å². The van der Waals surface area contributed by atoms with E-state index < -0.39 is 0 Å². The third-order valence-electron chi connectivity index (χ3n) is 4.99. The Bertz CT molecular complexity index is 863. The summed E-state index contributed by atoms with van der Waals surface area (Å²) in [5, 5.41) is 0. The Morgan fingerprint density at radius 2 is 1.96 bits per heavy atom. The van der Waals surface area contributed by atoms with Gasteiger partial charge in [0.1, 0.15) is 5.75 Å². The molecule has 1 aliphatic rings. The summed E-state index contributed by atoms with van der Waals surface area (Å²) in [7, 11) is 1.73. The van der Waals surface area contributed by atoms with Gasteiger partial charge in [0.15, 0.2) is 0 Å². The van der Waals surface area contributed by atoms with Gasteiger partial charge in [-0.3, -0.25) is 9.88 Å². The Kier molecular flexibility index (Phi) is 5.51. The van der Waals surface area contributed by atoms with Crippen molar-refractivity contribution in [1.29, 1.82) is 0 Å². The summed E-state index contributed by atoms with van der Waals surface area (Å²) in [6.45, 7) is 3.96. The lowest BCUT2D eigenvalue weighted by atomic mass is 10.1. The van der Waals surface area contributed by atoms with Crippen LogP contribution in [0.25, 0.3) is 0 Å². The van der Waals surface area contributed by atoms with Crippen molar-refractivity contribution < 1.29 is 9.47 Å². The van der Waals surface area contributed by atoms with Crippen LogP contribution in [0.5, 0.6) is 5.75 Å². The lowest BCUT2D eigenvalue weighted by Gasteiger charge is -2.35. The first-order valence-electron chi connectivity index (χ1n) is 9.31. The molecule has 0 saturated carbocycles. The summed E-state index contributed by atoms with van der Waals surface area (Å²) in [6, 6.07) is 18.8. The molecule has 5 nitrogen and oxygen atoms in total. The van der Waals surface area contributed by atoms with Crippen molar-refractivity contribution in [3.05, 3.63) is 83.9 Å². The second kappa shape index (κ2) is 8.37. The average Bonchev–Trinajstić information content (AvgIpc) is 3.18. The molecule has 0 bridgehead atoms. The van der Waals surface area contributed by atoms with Gasteiger partial charge in [-0.2, -0.15) is 0 Å².